The number of esters is 1. The molecule has 3 heterocycles. The van der Waals surface area contributed by atoms with Gasteiger partial charge in [0.2, 0.25) is 0 Å². The summed E-state index contributed by atoms with van der Waals surface area (Å²) in [7, 11) is 0. The summed E-state index contributed by atoms with van der Waals surface area (Å²) in [4.78, 5) is 15.8. The fraction of sp³-hybridized carbons (Fsp3) is 0.600. The van der Waals surface area contributed by atoms with Crippen molar-refractivity contribution < 1.29 is 27.4 Å². The SMILES string of the molecule is CCOC(=O)C12CC(CI)(C1)OC2c1ccc(C(F)(F)F)nc1. The third-order valence-electron chi connectivity index (χ3n) is 4.45. The first-order valence-electron chi connectivity index (χ1n) is 7.20. The van der Waals surface area contributed by atoms with Crippen LogP contribution in [-0.2, 0) is 20.4 Å². The number of nitrogens with zero attached hydrogens (tertiary/aromatic N) is 1. The second kappa shape index (κ2) is 5.58. The van der Waals surface area contributed by atoms with Crippen molar-refractivity contribution >= 4 is 28.6 Å². The molecule has 0 spiro atoms. The van der Waals surface area contributed by atoms with Crippen LogP contribution in [0.25, 0.3) is 0 Å². The van der Waals surface area contributed by atoms with E-state index < -0.39 is 23.4 Å². The van der Waals surface area contributed by atoms with E-state index in [-0.39, 0.29) is 18.2 Å². The molecule has 3 aliphatic rings. The maximum absolute atomic E-state index is 12.6. The lowest BCUT2D eigenvalue weighted by molar-refractivity contribution is -0.161. The largest absolute Gasteiger partial charge is 0.465 e. The maximum Gasteiger partial charge on any atom is 0.433 e. The van der Waals surface area contributed by atoms with Crippen LogP contribution in [0.3, 0.4) is 0 Å². The van der Waals surface area contributed by atoms with Crippen LogP contribution in [0, 0.1) is 5.41 Å². The number of rotatable bonds is 4. The van der Waals surface area contributed by atoms with Crippen molar-refractivity contribution in [3.05, 3.63) is 29.6 Å². The molecule has 1 atom stereocenters. The van der Waals surface area contributed by atoms with Crippen LogP contribution < -0.4 is 0 Å². The number of aromatic nitrogens is 1. The van der Waals surface area contributed by atoms with Crippen LogP contribution in [0.1, 0.15) is 37.1 Å². The first-order chi connectivity index (χ1) is 10.8. The number of hydrogen-bond acceptors (Lipinski definition) is 4. The van der Waals surface area contributed by atoms with Gasteiger partial charge in [0.05, 0.1) is 12.2 Å². The van der Waals surface area contributed by atoms with Gasteiger partial charge in [0.15, 0.2) is 0 Å². The van der Waals surface area contributed by atoms with Gasteiger partial charge in [0, 0.05) is 16.2 Å². The average Bonchev–Trinajstić information content (AvgIpc) is 2.98. The van der Waals surface area contributed by atoms with Crippen molar-refractivity contribution in [2.75, 3.05) is 11.0 Å². The van der Waals surface area contributed by atoms with Gasteiger partial charge in [-0.15, -0.1) is 0 Å². The van der Waals surface area contributed by atoms with Crippen molar-refractivity contribution in [3.8, 4) is 0 Å². The summed E-state index contributed by atoms with van der Waals surface area (Å²) in [6, 6.07) is 2.26. The smallest absolute Gasteiger partial charge is 0.433 e. The summed E-state index contributed by atoms with van der Waals surface area (Å²) in [6.07, 6.45) is -2.87. The quantitative estimate of drug-likeness (QED) is 0.407. The van der Waals surface area contributed by atoms with E-state index in [1.165, 1.54) is 6.07 Å². The third-order valence-corrected chi connectivity index (χ3v) is 5.84. The normalized spacial score (nSPS) is 32.5. The molecule has 0 N–H and O–H groups in total. The highest BCUT2D eigenvalue weighted by Gasteiger charge is 2.72. The van der Waals surface area contributed by atoms with Crippen molar-refractivity contribution in [2.45, 2.75) is 37.6 Å². The van der Waals surface area contributed by atoms with Crippen LogP contribution in [-0.4, -0.2) is 27.6 Å². The Hall–Kier alpha value is -0.900. The number of hydrogen-bond donors (Lipinski definition) is 0. The highest BCUT2D eigenvalue weighted by atomic mass is 127. The fourth-order valence-electron chi connectivity index (χ4n) is 3.50. The number of fused-ring (bicyclic) bond motifs is 1. The molecular formula is C15H15F3INO3. The highest BCUT2D eigenvalue weighted by molar-refractivity contribution is 14.1. The van der Waals surface area contributed by atoms with Gasteiger partial charge in [0.1, 0.15) is 17.2 Å². The van der Waals surface area contributed by atoms with Crippen molar-refractivity contribution in [1.29, 1.82) is 0 Å². The van der Waals surface area contributed by atoms with Gasteiger partial charge in [-0.1, -0.05) is 28.7 Å². The first-order valence-corrected chi connectivity index (χ1v) is 8.73. The van der Waals surface area contributed by atoms with E-state index in [9.17, 15) is 18.0 Å². The van der Waals surface area contributed by atoms with Gasteiger partial charge in [-0.3, -0.25) is 9.78 Å². The molecule has 3 fully saturated rings. The lowest BCUT2D eigenvalue weighted by Crippen LogP contribution is -2.50. The number of carbonyl (C=O) groups is 1. The molecule has 4 nitrogen and oxygen atoms in total. The average molecular weight is 441 g/mol. The lowest BCUT2D eigenvalue weighted by Gasteiger charge is -2.42. The summed E-state index contributed by atoms with van der Waals surface area (Å²) in [5.74, 6) is -0.345. The van der Waals surface area contributed by atoms with Crippen molar-refractivity contribution in [1.82, 2.24) is 4.98 Å². The van der Waals surface area contributed by atoms with E-state index in [0.717, 1.165) is 16.7 Å². The molecule has 0 radical (unpaired) electrons. The Balaban J connectivity index is 1.90. The molecule has 2 bridgehead atoms. The molecule has 126 valence electrons. The predicted molar refractivity (Wildman–Crippen MR) is 83.0 cm³/mol. The van der Waals surface area contributed by atoms with Crippen LogP contribution in [0.2, 0.25) is 0 Å². The number of carbonyl (C=O) groups excluding carboxylic acids is 1. The Labute approximate surface area is 144 Å². The van der Waals surface area contributed by atoms with Gasteiger partial charge in [-0.05, 0) is 25.8 Å². The number of pyridine rings is 1. The highest BCUT2D eigenvalue weighted by Crippen LogP contribution is 2.68. The predicted octanol–water partition coefficient (Wildman–Crippen LogP) is 3.69. The van der Waals surface area contributed by atoms with Gasteiger partial charge < -0.3 is 9.47 Å². The summed E-state index contributed by atoms with van der Waals surface area (Å²) in [6.45, 7) is 1.99. The molecule has 2 saturated heterocycles. The van der Waals surface area contributed by atoms with E-state index in [0.29, 0.717) is 18.4 Å². The Kier molecular flexibility index (Phi) is 4.11. The minimum atomic E-state index is -4.49. The van der Waals surface area contributed by atoms with E-state index >= 15 is 0 Å². The summed E-state index contributed by atoms with van der Waals surface area (Å²) >= 11 is 2.20. The molecule has 4 rings (SSSR count). The Morgan fingerprint density at radius 1 is 1.48 bits per heavy atom. The van der Waals surface area contributed by atoms with Gasteiger partial charge in [-0.25, -0.2) is 0 Å². The molecule has 0 amide bonds. The van der Waals surface area contributed by atoms with Gasteiger partial charge in [0.25, 0.3) is 0 Å². The zero-order valence-electron chi connectivity index (χ0n) is 12.3. The van der Waals surface area contributed by atoms with E-state index in [1.54, 1.807) is 6.92 Å². The van der Waals surface area contributed by atoms with Crippen LogP contribution in [0.15, 0.2) is 18.3 Å². The van der Waals surface area contributed by atoms with Gasteiger partial charge >= 0.3 is 12.1 Å². The Morgan fingerprint density at radius 3 is 2.65 bits per heavy atom. The van der Waals surface area contributed by atoms with Crippen LogP contribution in [0.4, 0.5) is 13.2 Å². The zero-order valence-corrected chi connectivity index (χ0v) is 14.5. The van der Waals surface area contributed by atoms with Crippen molar-refractivity contribution in [2.24, 2.45) is 5.41 Å². The molecule has 8 heteroatoms. The summed E-state index contributed by atoms with van der Waals surface area (Å²) < 4.78 is 49.8. The molecule has 1 aromatic rings. The van der Waals surface area contributed by atoms with E-state index in [4.69, 9.17) is 9.47 Å². The third kappa shape index (κ3) is 2.63. The summed E-state index contributed by atoms with van der Waals surface area (Å²) in [5.41, 5.74) is -1.67. The van der Waals surface area contributed by atoms with E-state index in [2.05, 4.69) is 27.6 Å². The monoisotopic (exact) mass is 441 g/mol. The zero-order chi connectivity index (χ0) is 16.9. The number of ether oxygens (including phenoxy) is 2. The molecule has 2 aliphatic heterocycles. The maximum atomic E-state index is 12.6. The molecule has 1 unspecified atom stereocenters. The lowest BCUT2D eigenvalue weighted by atomic mass is 9.60. The van der Waals surface area contributed by atoms with E-state index in [1.807, 2.05) is 0 Å². The molecule has 1 aromatic heterocycles. The Morgan fingerprint density at radius 2 is 2.17 bits per heavy atom. The van der Waals surface area contributed by atoms with Crippen LogP contribution in [0.5, 0.6) is 0 Å². The number of alkyl halides is 4. The number of halogens is 4. The molecule has 23 heavy (non-hydrogen) atoms. The minimum Gasteiger partial charge on any atom is -0.465 e. The topological polar surface area (TPSA) is 48.4 Å². The molecular weight excluding hydrogens is 426 g/mol. The second-order valence-electron chi connectivity index (χ2n) is 6.02. The molecule has 1 aliphatic carbocycles. The first kappa shape index (κ1) is 16.9. The second-order valence-corrected chi connectivity index (χ2v) is 6.78. The molecule has 1 saturated carbocycles. The standard InChI is InChI=1S/C15H15F3INO3/c1-2-22-12(21)14-6-13(7-14,8-19)23-11(14)9-3-4-10(20-5-9)15(16,17)18/h3-5,11H,2,6-8H2,1H3. The van der Waals surface area contributed by atoms with Gasteiger partial charge in [-0.2, -0.15) is 13.2 Å². The summed E-state index contributed by atoms with van der Waals surface area (Å²) in [5, 5.41) is 0. The Bertz CT molecular complexity index is 611. The minimum absolute atomic E-state index is 0.260. The fourth-order valence-corrected chi connectivity index (χ4v) is 4.22. The van der Waals surface area contributed by atoms with Crippen LogP contribution >= 0.6 is 22.6 Å². The van der Waals surface area contributed by atoms with Crippen molar-refractivity contribution in [3.63, 3.8) is 0 Å². The molecule has 0 aromatic carbocycles.